The van der Waals surface area contributed by atoms with Gasteiger partial charge in [0, 0.05) is 22.8 Å². The van der Waals surface area contributed by atoms with Crippen LogP contribution in [0.25, 0.3) is 0 Å². The second kappa shape index (κ2) is 6.53. The van der Waals surface area contributed by atoms with E-state index in [1.807, 2.05) is 11.3 Å². The summed E-state index contributed by atoms with van der Waals surface area (Å²) < 4.78 is 0. The number of hydrogen-bond donors (Lipinski definition) is 1. The molecule has 0 spiro atoms. The number of likely N-dealkylation sites (tertiary alicyclic amines) is 1. The Morgan fingerprint density at radius 3 is 3.06 bits per heavy atom. The first-order chi connectivity index (χ1) is 8.28. The van der Waals surface area contributed by atoms with Crippen molar-refractivity contribution in [3.63, 3.8) is 0 Å². The van der Waals surface area contributed by atoms with E-state index in [0.29, 0.717) is 0 Å². The normalized spacial score (nSPS) is 21.2. The predicted molar refractivity (Wildman–Crippen MR) is 75.6 cm³/mol. The molecule has 2 rings (SSSR count). The van der Waals surface area contributed by atoms with Crippen LogP contribution in [0, 0.1) is 12.8 Å². The van der Waals surface area contributed by atoms with E-state index in [2.05, 4.69) is 36.2 Å². The molecule has 0 saturated carbocycles. The van der Waals surface area contributed by atoms with Gasteiger partial charge in [0.15, 0.2) is 0 Å². The summed E-state index contributed by atoms with van der Waals surface area (Å²) in [5.74, 6) is 0.864. The molecule has 17 heavy (non-hydrogen) atoms. The lowest BCUT2D eigenvalue weighted by molar-refractivity contribution is 0.317. The molecule has 1 aromatic heterocycles. The van der Waals surface area contributed by atoms with Crippen LogP contribution >= 0.6 is 11.3 Å². The summed E-state index contributed by atoms with van der Waals surface area (Å²) in [6.45, 7) is 10.5. The first kappa shape index (κ1) is 13.1. The van der Waals surface area contributed by atoms with Gasteiger partial charge >= 0.3 is 0 Å². The van der Waals surface area contributed by atoms with Crippen LogP contribution in [0.4, 0.5) is 0 Å². The van der Waals surface area contributed by atoms with E-state index >= 15 is 0 Å². The highest BCUT2D eigenvalue weighted by atomic mass is 32.1. The summed E-state index contributed by atoms with van der Waals surface area (Å²) in [5.41, 5.74) is 0. The third-order valence-electron chi connectivity index (χ3n) is 3.41. The van der Waals surface area contributed by atoms with Crippen molar-refractivity contribution in [1.82, 2.24) is 10.2 Å². The van der Waals surface area contributed by atoms with Gasteiger partial charge in [0.2, 0.25) is 0 Å². The summed E-state index contributed by atoms with van der Waals surface area (Å²) in [4.78, 5) is 5.55. The molecule has 0 aliphatic carbocycles. The van der Waals surface area contributed by atoms with Crippen LogP contribution in [0.2, 0.25) is 0 Å². The highest BCUT2D eigenvalue weighted by Gasteiger charge is 2.22. The monoisotopic (exact) mass is 252 g/mol. The van der Waals surface area contributed by atoms with E-state index in [1.54, 1.807) is 0 Å². The Balaban J connectivity index is 1.70. The molecule has 1 aliphatic rings. The van der Waals surface area contributed by atoms with Crippen molar-refractivity contribution in [2.75, 3.05) is 26.2 Å². The third-order valence-corrected chi connectivity index (χ3v) is 4.39. The minimum absolute atomic E-state index is 0.864. The van der Waals surface area contributed by atoms with Crippen molar-refractivity contribution >= 4 is 11.3 Å². The number of nitrogens with one attached hydrogen (secondary N) is 1. The number of aryl methyl sites for hydroxylation is 1. The maximum Gasteiger partial charge on any atom is 0.0328 e. The average Bonchev–Trinajstić information content (AvgIpc) is 2.90. The Labute approximate surface area is 109 Å². The maximum absolute atomic E-state index is 3.54. The minimum Gasteiger partial charge on any atom is -0.316 e. The van der Waals surface area contributed by atoms with Crippen LogP contribution in [-0.4, -0.2) is 31.1 Å². The Morgan fingerprint density at radius 2 is 2.35 bits per heavy atom. The topological polar surface area (TPSA) is 15.3 Å². The fourth-order valence-electron chi connectivity index (χ4n) is 2.50. The standard InChI is InChI=1S/C14H24N2S/c1-3-7-15-9-13-6-8-16(10-13)11-14-5-4-12(2)17-14/h4-5,13,15H,3,6-11H2,1-2H3. The molecule has 1 unspecified atom stereocenters. The first-order valence-corrected chi connectivity index (χ1v) is 7.58. The van der Waals surface area contributed by atoms with Crippen LogP contribution in [0.15, 0.2) is 12.1 Å². The van der Waals surface area contributed by atoms with Crippen LogP contribution in [0.5, 0.6) is 0 Å². The molecule has 2 nitrogen and oxygen atoms in total. The van der Waals surface area contributed by atoms with Crippen molar-refractivity contribution in [3.8, 4) is 0 Å². The van der Waals surface area contributed by atoms with Crippen molar-refractivity contribution in [2.45, 2.75) is 33.2 Å². The summed E-state index contributed by atoms with van der Waals surface area (Å²) in [6, 6.07) is 4.51. The van der Waals surface area contributed by atoms with Crippen LogP contribution in [0.3, 0.4) is 0 Å². The average molecular weight is 252 g/mol. The summed E-state index contributed by atoms with van der Waals surface area (Å²) in [7, 11) is 0. The molecule has 1 aliphatic heterocycles. The molecule has 1 N–H and O–H groups in total. The van der Waals surface area contributed by atoms with Gasteiger partial charge in [-0.3, -0.25) is 4.90 Å². The lowest BCUT2D eigenvalue weighted by atomic mass is 10.1. The SMILES string of the molecule is CCCNCC1CCN(Cc2ccc(C)s2)C1. The molecule has 1 atom stereocenters. The van der Waals surface area contributed by atoms with Gasteiger partial charge < -0.3 is 5.32 Å². The number of thiophene rings is 1. The molecule has 0 bridgehead atoms. The van der Waals surface area contributed by atoms with Gasteiger partial charge in [-0.25, -0.2) is 0 Å². The van der Waals surface area contributed by atoms with Gasteiger partial charge in [-0.05, 0) is 57.5 Å². The molecular formula is C14H24N2S. The Bertz CT molecular complexity index is 335. The van der Waals surface area contributed by atoms with Gasteiger partial charge in [0.05, 0.1) is 0 Å². The Kier molecular flexibility index (Phi) is 5.01. The van der Waals surface area contributed by atoms with E-state index in [1.165, 1.54) is 48.8 Å². The van der Waals surface area contributed by atoms with E-state index < -0.39 is 0 Å². The molecule has 1 saturated heterocycles. The summed E-state index contributed by atoms with van der Waals surface area (Å²) in [5, 5.41) is 3.54. The summed E-state index contributed by atoms with van der Waals surface area (Å²) in [6.07, 6.45) is 2.60. The highest BCUT2D eigenvalue weighted by molar-refractivity contribution is 7.11. The highest BCUT2D eigenvalue weighted by Crippen LogP contribution is 2.22. The minimum atomic E-state index is 0.864. The van der Waals surface area contributed by atoms with Crippen LogP contribution < -0.4 is 5.32 Å². The zero-order valence-corrected chi connectivity index (χ0v) is 11.9. The van der Waals surface area contributed by atoms with Crippen molar-refractivity contribution in [3.05, 3.63) is 21.9 Å². The van der Waals surface area contributed by atoms with Gasteiger partial charge in [-0.2, -0.15) is 0 Å². The second-order valence-electron chi connectivity index (χ2n) is 5.11. The quantitative estimate of drug-likeness (QED) is 0.783. The van der Waals surface area contributed by atoms with E-state index in [4.69, 9.17) is 0 Å². The second-order valence-corrected chi connectivity index (χ2v) is 6.48. The molecule has 0 amide bonds. The Morgan fingerprint density at radius 1 is 1.47 bits per heavy atom. The predicted octanol–water partition coefficient (Wildman–Crippen LogP) is 2.88. The molecule has 1 aromatic rings. The third kappa shape index (κ3) is 4.09. The maximum atomic E-state index is 3.54. The zero-order valence-electron chi connectivity index (χ0n) is 11.0. The summed E-state index contributed by atoms with van der Waals surface area (Å²) >= 11 is 1.94. The lowest BCUT2D eigenvalue weighted by Gasteiger charge is -2.15. The van der Waals surface area contributed by atoms with Gasteiger partial charge in [-0.15, -0.1) is 11.3 Å². The van der Waals surface area contributed by atoms with E-state index in [0.717, 1.165) is 12.5 Å². The van der Waals surface area contributed by atoms with Crippen molar-refractivity contribution in [1.29, 1.82) is 0 Å². The number of nitrogens with zero attached hydrogens (tertiary/aromatic N) is 1. The van der Waals surface area contributed by atoms with E-state index in [-0.39, 0.29) is 0 Å². The molecule has 1 fully saturated rings. The molecule has 0 radical (unpaired) electrons. The zero-order chi connectivity index (χ0) is 12.1. The number of rotatable bonds is 6. The Hall–Kier alpha value is -0.380. The van der Waals surface area contributed by atoms with Gasteiger partial charge in [0.1, 0.15) is 0 Å². The fraction of sp³-hybridized carbons (Fsp3) is 0.714. The van der Waals surface area contributed by atoms with Crippen LogP contribution in [-0.2, 0) is 6.54 Å². The smallest absolute Gasteiger partial charge is 0.0328 e. The molecular weight excluding hydrogens is 228 g/mol. The van der Waals surface area contributed by atoms with Gasteiger partial charge in [0.25, 0.3) is 0 Å². The largest absolute Gasteiger partial charge is 0.316 e. The number of hydrogen-bond acceptors (Lipinski definition) is 3. The molecule has 96 valence electrons. The molecule has 2 heterocycles. The fourth-order valence-corrected chi connectivity index (χ4v) is 3.43. The molecule has 0 aromatic carbocycles. The van der Waals surface area contributed by atoms with E-state index in [9.17, 15) is 0 Å². The first-order valence-electron chi connectivity index (χ1n) is 6.76. The van der Waals surface area contributed by atoms with Crippen molar-refractivity contribution in [2.24, 2.45) is 5.92 Å². The van der Waals surface area contributed by atoms with Crippen molar-refractivity contribution < 1.29 is 0 Å². The van der Waals surface area contributed by atoms with Crippen LogP contribution in [0.1, 0.15) is 29.5 Å². The lowest BCUT2D eigenvalue weighted by Crippen LogP contribution is -2.26. The van der Waals surface area contributed by atoms with Gasteiger partial charge in [-0.1, -0.05) is 6.92 Å². The molecule has 3 heteroatoms.